The highest BCUT2D eigenvalue weighted by molar-refractivity contribution is 5.22. The van der Waals surface area contributed by atoms with E-state index < -0.39 is 6.17 Å². The summed E-state index contributed by atoms with van der Waals surface area (Å²) in [7, 11) is 0. The zero-order valence-corrected chi connectivity index (χ0v) is 9.47. The van der Waals surface area contributed by atoms with Crippen molar-refractivity contribution in [1.82, 2.24) is 0 Å². The van der Waals surface area contributed by atoms with Crippen molar-refractivity contribution in [1.29, 1.82) is 0 Å². The molecule has 0 aromatic heterocycles. The molecule has 14 heavy (non-hydrogen) atoms. The van der Waals surface area contributed by atoms with Gasteiger partial charge in [-0.1, -0.05) is 50.6 Å². The Morgan fingerprint density at radius 1 is 1.14 bits per heavy atom. The Kier molecular flexibility index (Phi) is 3.30. The molecule has 1 aromatic carbocycles. The van der Waals surface area contributed by atoms with Gasteiger partial charge in [-0.15, -0.1) is 0 Å². The van der Waals surface area contributed by atoms with Crippen molar-refractivity contribution in [3.8, 4) is 0 Å². The van der Waals surface area contributed by atoms with Crippen molar-refractivity contribution >= 4 is 0 Å². The predicted molar refractivity (Wildman–Crippen MR) is 59.2 cm³/mol. The Labute approximate surface area is 86.2 Å². The van der Waals surface area contributed by atoms with Crippen molar-refractivity contribution in [2.75, 3.05) is 0 Å². The zero-order valence-electron chi connectivity index (χ0n) is 9.47. The van der Waals surface area contributed by atoms with Gasteiger partial charge in [0, 0.05) is 6.42 Å². The predicted octanol–water partition coefficient (Wildman–Crippen LogP) is 3.92. The molecule has 0 radical (unpaired) electrons. The average Bonchev–Trinajstić information content (AvgIpc) is 2.07. The summed E-state index contributed by atoms with van der Waals surface area (Å²) in [6.45, 7) is 7.85. The maximum Gasteiger partial charge on any atom is 0.109 e. The van der Waals surface area contributed by atoms with Crippen molar-refractivity contribution in [3.05, 3.63) is 35.4 Å². The molecule has 0 saturated carbocycles. The SMILES string of the molecule is Cc1ccc(C[C@@H](F)C(C)(C)C)cc1. The second-order valence-corrected chi connectivity index (χ2v) is 5.02. The number of alkyl halides is 1. The van der Waals surface area contributed by atoms with Crippen LogP contribution in [0, 0.1) is 12.3 Å². The molecule has 0 nitrogen and oxygen atoms in total. The summed E-state index contributed by atoms with van der Waals surface area (Å²) in [5.41, 5.74) is 2.04. The van der Waals surface area contributed by atoms with E-state index in [0.717, 1.165) is 5.56 Å². The summed E-state index contributed by atoms with van der Waals surface area (Å²) in [6.07, 6.45) is -0.255. The van der Waals surface area contributed by atoms with Gasteiger partial charge in [-0.05, 0) is 17.9 Å². The highest BCUT2D eigenvalue weighted by Gasteiger charge is 2.23. The minimum atomic E-state index is -0.773. The first-order valence-electron chi connectivity index (χ1n) is 5.09. The smallest absolute Gasteiger partial charge is 0.109 e. The molecule has 0 aliphatic heterocycles. The lowest BCUT2D eigenvalue weighted by Gasteiger charge is -2.23. The van der Waals surface area contributed by atoms with Crippen LogP contribution in [0.2, 0.25) is 0 Å². The normalized spacial score (nSPS) is 14.1. The Morgan fingerprint density at radius 2 is 1.64 bits per heavy atom. The average molecular weight is 194 g/mol. The molecule has 1 aromatic rings. The molecule has 0 N–H and O–H groups in total. The van der Waals surface area contributed by atoms with Crippen molar-refractivity contribution < 1.29 is 4.39 Å². The van der Waals surface area contributed by atoms with Crippen LogP contribution in [0.25, 0.3) is 0 Å². The number of benzene rings is 1. The molecule has 0 saturated heterocycles. The molecule has 0 aliphatic carbocycles. The van der Waals surface area contributed by atoms with Gasteiger partial charge in [0.05, 0.1) is 0 Å². The third-order valence-electron chi connectivity index (χ3n) is 2.48. The first-order valence-corrected chi connectivity index (χ1v) is 5.09. The minimum absolute atomic E-state index is 0.259. The summed E-state index contributed by atoms with van der Waals surface area (Å²) < 4.78 is 13.7. The van der Waals surface area contributed by atoms with E-state index in [4.69, 9.17) is 0 Å². The number of halogens is 1. The van der Waals surface area contributed by atoms with Gasteiger partial charge >= 0.3 is 0 Å². The van der Waals surface area contributed by atoms with Gasteiger partial charge in [-0.3, -0.25) is 0 Å². The number of hydrogen-bond acceptors (Lipinski definition) is 0. The molecule has 78 valence electrons. The summed E-state index contributed by atoms with van der Waals surface area (Å²) >= 11 is 0. The number of aryl methyl sites for hydroxylation is 1. The van der Waals surface area contributed by atoms with Crippen LogP contribution in [-0.4, -0.2) is 6.17 Å². The highest BCUT2D eigenvalue weighted by Crippen LogP contribution is 2.25. The topological polar surface area (TPSA) is 0 Å². The van der Waals surface area contributed by atoms with Gasteiger partial charge in [-0.25, -0.2) is 4.39 Å². The number of hydrogen-bond donors (Lipinski definition) is 0. The lowest BCUT2D eigenvalue weighted by atomic mass is 9.86. The molecule has 0 unspecified atom stereocenters. The maximum atomic E-state index is 13.7. The molecule has 1 heteroatoms. The molecule has 0 heterocycles. The van der Waals surface area contributed by atoms with E-state index in [1.54, 1.807) is 0 Å². The highest BCUT2D eigenvalue weighted by atomic mass is 19.1. The molecule has 0 fully saturated rings. The van der Waals surface area contributed by atoms with Crippen LogP contribution in [0.15, 0.2) is 24.3 Å². The third kappa shape index (κ3) is 3.13. The molecule has 1 atom stereocenters. The molecule has 0 aliphatic rings. The molecule has 1 rings (SSSR count). The monoisotopic (exact) mass is 194 g/mol. The van der Waals surface area contributed by atoms with Crippen LogP contribution in [0.5, 0.6) is 0 Å². The quantitative estimate of drug-likeness (QED) is 0.669. The van der Waals surface area contributed by atoms with Crippen LogP contribution >= 0.6 is 0 Å². The standard InChI is InChI=1S/C13H19F/c1-10-5-7-11(8-6-10)9-12(14)13(2,3)4/h5-8,12H,9H2,1-4H3/t12-/m1/s1. The summed E-state index contributed by atoms with van der Waals surface area (Å²) in [5.74, 6) is 0. The fourth-order valence-corrected chi connectivity index (χ4v) is 1.24. The number of rotatable bonds is 2. The van der Waals surface area contributed by atoms with Gasteiger partial charge < -0.3 is 0 Å². The van der Waals surface area contributed by atoms with Crippen LogP contribution in [-0.2, 0) is 6.42 Å². The van der Waals surface area contributed by atoms with Gasteiger partial charge in [0.15, 0.2) is 0 Å². The molecular weight excluding hydrogens is 175 g/mol. The van der Waals surface area contributed by atoms with Gasteiger partial charge in [0.2, 0.25) is 0 Å². The van der Waals surface area contributed by atoms with Crippen LogP contribution in [0.1, 0.15) is 31.9 Å². The molecular formula is C13H19F. The Morgan fingerprint density at radius 3 is 2.07 bits per heavy atom. The second kappa shape index (κ2) is 4.12. The van der Waals surface area contributed by atoms with Gasteiger partial charge in [0.25, 0.3) is 0 Å². The van der Waals surface area contributed by atoms with Crippen molar-refractivity contribution in [2.45, 2.75) is 40.3 Å². The lowest BCUT2D eigenvalue weighted by Crippen LogP contribution is -2.23. The summed E-state index contributed by atoms with van der Waals surface area (Å²) in [6, 6.07) is 8.08. The molecule has 0 bridgehead atoms. The van der Waals surface area contributed by atoms with Crippen LogP contribution in [0.4, 0.5) is 4.39 Å². The first-order chi connectivity index (χ1) is 6.39. The van der Waals surface area contributed by atoms with E-state index >= 15 is 0 Å². The third-order valence-corrected chi connectivity index (χ3v) is 2.48. The van der Waals surface area contributed by atoms with E-state index in [2.05, 4.69) is 0 Å². The van der Waals surface area contributed by atoms with Crippen LogP contribution < -0.4 is 0 Å². The summed E-state index contributed by atoms with van der Waals surface area (Å²) in [4.78, 5) is 0. The Balaban J connectivity index is 2.65. The van der Waals surface area contributed by atoms with Gasteiger partial charge in [0.1, 0.15) is 6.17 Å². The fraction of sp³-hybridized carbons (Fsp3) is 0.538. The Bertz CT molecular complexity index is 279. The van der Waals surface area contributed by atoms with Gasteiger partial charge in [-0.2, -0.15) is 0 Å². The largest absolute Gasteiger partial charge is 0.247 e. The van der Waals surface area contributed by atoms with Crippen LogP contribution in [0.3, 0.4) is 0 Å². The van der Waals surface area contributed by atoms with E-state index in [1.165, 1.54) is 5.56 Å². The molecule has 0 amide bonds. The van der Waals surface area contributed by atoms with E-state index in [9.17, 15) is 4.39 Å². The van der Waals surface area contributed by atoms with Crippen molar-refractivity contribution in [3.63, 3.8) is 0 Å². The first kappa shape index (κ1) is 11.2. The lowest BCUT2D eigenvalue weighted by molar-refractivity contribution is 0.162. The molecule has 0 spiro atoms. The van der Waals surface area contributed by atoms with E-state index in [0.29, 0.717) is 6.42 Å². The maximum absolute atomic E-state index is 13.7. The zero-order chi connectivity index (χ0) is 10.8. The van der Waals surface area contributed by atoms with E-state index in [-0.39, 0.29) is 5.41 Å². The fourth-order valence-electron chi connectivity index (χ4n) is 1.24. The van der Waals surface area contributed by atoms with E-state index in [1.807, 2.05) is 52.0 Å². The summed E-state index contributed by atoms with van der Waals surface area (Å²) in [5, 5.41) is 0. The van der Waals surface area contributed by atoms with Crippen molar-refractivity contribution in [2.24, 2.45) is 5.41 Å². The minimum Gasteiger partial charge on any atom is -0.247 e. The Hall–Kier alpha value is -0.850. The second-order valence-electron chi connectivity index (χ2n) is 5.02.